The Bertz CT molecular complexity index is 7740. The van der Waals surface area contributed by atoms with Crippen molar-refractivity contribution in [1.82, 2.24) is 39.9 Å². The van der Waals surface area contributed by atoms with E-state index in [2.05, 4.69) is 279 Å². The third-order valence-electron chi connectivity index (χ3n) is 24.5. The first kappa shape index (κ1) is 78.5. The van der Waals surface area contributed by atoms with Crippen molar-refractivity contribution >= 4 is 87.5 Å². The smallest absolute Gasteiger partial charge is 0.423 e. The summed E-state index contributed by atoms with van der Waals surface area (Å²) in [5.41, 5.74) is 27.5. The maximum Gasteiger partial charge on any atom is 0.489 e. The molecule has 0 atom stereocenters. The van der Waals surface area contributed by atoms with Crippen molar-refractivity contribution in [3.63, 3.8) is 0 Å². The average molecular weight is 1700 g/mol. The molecule has 0 fully saturated rings. The van der Waals surface area contributed by atoms with E-state index in [0.717, 1.165) is 126 Å². The lowest BCUT2D eigenvalue weighted by molar-refractivity contribution is 0.426. The zero-order valence-corrected chi connectivity index (χ0v) is 71.2. The summed E-state index contributed by atoms with van der Waals surface area (Å²) in [6.45, 7) is 0. The van der Waals surface area contributed by atoms with Crippen molar-refractivity contribution in [3.05, 3.63) is 487 Å². The number of halogens is 1. The number of thiophene rings is 2. The molecular formula is C114H74BClN8O2S2. The van der Waals surface area contributed by atoms with Crippen LogP contribution in [0.4, 0.5) is 0 Å². The average Bonchev–Trinajstić information content (AvgIpc) is 1.54. The molecule has 0 saturated heterocycles. The van der Waals surface area contributed by atoms with Gasteiger partial charge in [-0.25, -0.2) is 29.9 Å². The van der Waals surface area contributed by atoms with Gasteiger partial charge in [-0.3, -0.25) is 9.97 Å². The minimum atomic E-state index is -1.52. The first-order valence-electron chi connectivity index (χ1n) is 42.5. The quantitative estimate of drug-likeness (QED) is 0.101. The molecule has 6 aromatic heterocycles. The van der Waals surface area contributed by atoms with Crippen molar-refractivity contribution in [2.24, 2.45) is 0 Å². The Hall–Kier alpha value is -15.4. The summed E-state index contributed by atoms with van der Waals surface area (Å²) in [5.74, 6) is 3.67. The molecule has 0 amide bonds. The van der Waals surface area contributed by atoms with Gasteiger partial charge in [0.2, 0.25) is 0 Å². The van der Waals surface area contributed by atoms with Crippen molar-refractivity contribution in [3.8, 4) is 124 Å². The van der Waals surface area contributed by atoms with E-state index in [-0.39, 0.29) is 0 Å². The molecule has 604 valence electrons. The summed E-state index contributed by atoms with van der Waals surface area (Å²) in [6, 6.07) is 147. The van der Waals surface area contributed by atoms with Crippen LogP contribution < -0.4 is 5.46 Å². The second-order valence-corrected chi connectivity index (χ2v) is 34.3. The summed E-state index contributed by atoms with van der Waals surface area (Å²) in [7, 11) is -1.52. The molecule has 10 nitrogen and oxygen atoms in total. The Morgan fingerprint density at radius 2 is 0.531 bits per heavy atom. The van der Waals surface area contributed by atoms with Gasteiger partial charge in [0.25, 0.3) is 0 Å². The molecule has 2 N–H and O–H groups in total. The third-order valence-corrected chi connectivity index (χ3v) is 27.1. The summed E-state index contributed by atoms with van der Waals surface area (Å²) in [6.07, 6.45) is 3.80. The van der Waals surface area contributed by atoms with Gasteiger partial charge >= 0.3 is 7.12 Å². The molecule has 14 heteroatoms. The van der Waals surface area contributed by atoms with Crippen LogP contribution in [0.1, 0.15) is 44.5 Å². The van der Waals surface area contributed by atoms with Crippen LogP contribution in [0.3, 0.4) is 0 Å². The molecule has 0 unspecified atom stereocenters. The minimum Gasteiger partial charge on any atom is -0.423 e. The summed E-state index contributed by atoms with van der Waals surface area (Å²) in [4.78, 5) is 39.7. The lowest BCUT2D eigenvalue weighted by Gasteiger charge is -2.34. The van der Waals surface area contributed by atoms with E-state index in [9.17, 15) is 10.0 Å². The van der Waals surface area contributed by atoms with Crippen molar-refractivity contribution < 1.29 is 10.0 Å². The molecule has 0 bridgehead atoms. The molecule has 24 rings (SSSR count). The van der Waals surface area contributed by atoms with Crippen LogP contribution >= 0.6 is 34.3 Å². The van der Waals surface area contributed by atoms with Gasteiger partial charge in [-0.15, -0.1) is 22.7 Å². The number of rotatable bonds is 14. The highest BCUT2D eigenvalue weighted by molar-refractivity contribution is 7.26. The molecule has 22 aromatic rings. The summed E-state index contributed by atoms with van der Waals surface area (Å²) in [5, 5.41) is 23.1. The minimum absolute atomic E-state index is 0.501. The predicted octanol–water partition coefficient (Wildman–Crippen LogP) is 27.0. The van der Waals surface area contributed by atoms with Crippen molar-refractivity contribution in [2.75, 3.05) is 0 Å². The van der Waals surface area contributed by atoms with E-state index in [0.29, 0.717) is 45.4 Å². The number of fused-ring (bicyclic) bond motifs is 12. The van der Waals surface area contributed by atoms with Gasteiger partial charge in [0.05, 0.1) is 31.3 Å². The Labute approximate surface area is 753 Å². The van der Waals surface area contributed by atoms with Crippen LogP contribution in [0.25, 0.3) is 165 Å². The van der Waals surface area contributed by atoms with Gasteiger partial charge in [0.1, 0.15) is 0 Å². The lowest BCUT2D eigenvalue weighted by atomic mass is 9.66. The fourth-order valence-corrected chi connectivity index (χ4v) is 21.6. The van der Waals surface area contributed by atoms with Crippen LogP contribution in [-0.4, -0.2) is 57.0 Å². The molecule has 128 heavy (non-hydrogen) atoms. The number of hydrogen-bond donors (Lipinski definition) is 2. The number of pyridine rings is 2. The standard InChI is InChI=1S/C57H36N4S.C32H19ClN4S.C25H19BO2/c1-5-18-37(19-6-1)54-59-55(38-20-7-2-8-21-38)61-56(60-54)41-35-39(34-40(36-41)45-32-33-58-52-47-27-14-16-31-50(47)62-53(45)52)44-28-17-30-49-51(44)46-26-13-15-29-48(46)57(49,42-22-9-3-10-23-42)43-24-11-4-12-25-43;33-24-18-22(25-15-16-34-28-26-13-7-8-14-27(26)38-29(25)28)17-23(19-24)32-36-30(20-9-3-1-4-10-20)35-31(37-32)21-11-5-2-6-12-21;27-26(28)23-17-9-16-22-24(23)20-14-7-8-15-21(20)25(22,18-10-3-1-4-11-18)19-12-5-2-6-13-19/h1-36H;1-19H;1-17,27-28H. The van der Waals surface area contributed by atoms with Gasteiger partial charge in [-0.1, -0.05) is 376 Å². The van der Waals surface area contributed by atoms with E-state index < -0.39 is 17.9 Å². The summed E-state index contributed by atoms with van der Waals surface area (Å²) >= 11 is 10.2. The third kappa shape index (κ3) is 13.9. The van der Waals surface area contributed by atoms with Gasteiger partial charge in [-0.05, 0) is 155 Å². The lowest BCUT2D eigenvalue weighted by Crippen LogP contribution is -2.33. The Morgan fingerprint density at radius 1 is 0.242 bits per heavy atom. The number of aromatic nitrogens is 8. The van der Waals surface area contributed by atoms with Gasteiger partial charge in [-0.2, -0.15) is 0 Å². The molecule has 0 aliphatic heterocycles. The molecule has 2 aliphatic carbocycles. The van der Waals surface area contributed by atoms with Crippen LogP contribution in [0.2, 0.25) is 5.02 Å². The van der Waals surface area contributed by atoms with Crippen LogP contribution in [0.5, 0.6) is 0 Å². The monoisotopic (exact) mass is 1700 g/mol. The first-order valence-corrected chi connectivity index (χ1v) is 44.5. The highest BCUT2D eigenvalue weighted by atomic mass is 35.5. The molecule has 0 saturated carbocycles. The van der Waals surface area contributed by atoms with Gasteiger partial charge < -0.3 is 10.0 Å². The second-order valence-electron chi connectivity index (χ2n) is 31.8. The topological polar surface area (TPSA) is 144 Å². The molecule has 16 aromatic carbocycles. The number of hydrogen-bond acceptors (Lipinski definition) is 12. The maximum absolute atomic E-state index is 10.1. The van der Waals surface area contributed by atoms with E-state index in [1.54, 1.807) is 28.7 Å². The SMILES string of the molecule is Clc1cc(-c2nc(-c3ccccc3)nc(-c3ccccc3)n2)cc(-c2ccnc3c2sc2ccccc23)c1.OB(O)c1cccc2c1-c1ccccc1C2(c1ccccc1)c1ccccc1.c1ccc(-c2nc(-c3ccccc3)nc(-c3cc(-c4cccc5c4-c4ccccc4C5(c4ccccc4)c4ccccc4)cc(-c4ccnc5c4sc4ccccc45)c3)n2)cc1. The molecule has 0 spiro atoms. The zero-order valence-electron chi connectivity index (χ0n) is 68.8. The van der Waals surface area contributed by atoms with Crippen molar-refractivity contribution in [2.45, 2.75) is 10.8 Å². The summed E-state index contributed by atoms with van der Waals surface area (Å²) < 4.78 is 4.71. The highest BCUT2D eigenvalue weighted by Crippen LogP contribution is 2.60. The predicted molar refractivity (Wildman–Crippen MR) is 526 cm³/mol. The second kappa shape index (κ2) is 33.6. The van der Waals surface area contributed by atoms with Crippen LogP contribution in [-0.2, 0) is 10.8 Å². The van der Waals surface area contributed by atoms with Gasteiger partial charge in [0.15, 0.2) is 34.9 Å². The maximum atomic E-state index is 10.1. The number of benzene rings is 16. The van der Waals surface area contributed by atoms with Crippen molar-refractivity contribution in [1.29, 1.82) is 0 Å². The Balaban J connectivity index is 0.000000124. The van der Waals surface area contributed by atoms with E-state index in [1.165, 1.54) is 48.2 Å². The molecule has 2 aliphatic rings. The largest absolute Gasteiger partial charge is 0.489 e. The Morgan fingerprint density at radius 3 is 0.938 bits per heavy atom. The van der Waals surface area contributed by atoms with E-state index in [1.807, 2.05) is 152 Å². The highest BCUT2D eigenvalue weighted by Gasteiger charge is 2.49. The zero-order chi connectivity index (χ0) is 85.7. The number of nitrogens with zero attached hydrogens (tertiary/aromatic N) is 8. The first-order chi connectivity index (χ1) is 63.2. The van der Waals surface area contributed by atoms with Crippen LogP contribution in [0.15, 0.2) is 437 Å². The normalized spacial score (nSPS) is 12.5. The van der Waals surface area contributed by atoms with Gasteiger partial charge in [0, 0.05) is 82.1 Å². The fourth-order valence-electron chi connectivity index (χ4n) is 19.0. The Kier molecular flexibility index (Phi) is 20.6. The molecular weight excluding hydrogens is 1620 g/mol. The van der Waals surface area contributed by atoms with Crippen LogP contribution in [0, 0.1) is 0 Å². The van der Waals surface area contributed by atoms with E-state index in [4.69, 9.17) is 51.5 Å². The fraction of sp³-hybridized carbons (Fsp3) is 0.0175. The van der Waals surface area contributed by atoms with E-state index >= 15 is 0 Å². The molecule has 6 heterocycles. The molecule has 0 radical (unpaired) electrons.